The van der Waals surface area contributed by atoms with E-state index in [0.29, 0.717) is 11.3 Å². The van der Waals surface area contributed by atoms with Crippen LogP contribution < -0.4 is 10.4 Å². The van der Waals surface area contributed by atoms with E-state index in [-0.39, 0.29) is 23.5 Å². The molecule has 116 valence electrons. The number of carboxylic acids is 1. The molecule has 4 atom stereocenters. The third kappa shape index (κ3) is 2.51. The standard InChI is InChI=1S/C17H19NO4/c1-9(19)10-3-2-4-13(8-10)18-16(20)14-11-5-6-12(7-11)15(14)17(21)22/h2-4,8,11-12,14-15H,5-7H2,1H3,(H,18,20)(H,21,22)/p-1/t11-,12+,14-,15+/m1/s1. The first-order chi connectivity index (χ1) is 10.5. The van der Waals surface area contributed by atoms with Crippen molar-refractivity contribution in [2.75, 3.05) is 5.32 Å². The van der Waals surface area contributed by atoms with Gasteiger partial charge in [-0.15, -0.1) is 0 Å². The van der Waals surface area contributed by atoms with Crippen LogP contribution in [-0.4, -0.2) is 17.7 Å². The molecule has 5 heteroatoms. The SMILES string of the molecule is CC(=O)c1cccc(NC(=O)[C@@H]2[C@@H]3CC[C@@H](C3)[C@@H]2C(=O)[O-])c1. The van der Waals surface area contributed by atoms with Gasteiger partial charge in [-0.2, -0.15) is 0 Å². The number of ketones is 1. The van der Waals surface area contributed by atoms with E-state index in [1.807, 2.05) is 0 Å². The molecule has 3 rings (SSSR count). The number of fused-ring (bicyclic) bond motifs is 2. The summed E-state index contributed by atoms with van der Waals surface area (Å²) in [4.78, 5) is 35.3. The summed E-state index contributed by atoms with van der Waals surface area (Å²) >= 11 is 0. The smallest absolute Gasteiger partial charge is 0.228 e. The Bertz CT molecular complexity index is 639. The second-order valence-corrected chi connectivity index (χ2v) is 6.33. The van der Waals surface area contributed by atoms with Crippen LogP contribution in [0.5, 0.6) is 0 Å². The van der Waals surface area contributed by atoms with Gasteiger partial charge in [0, 0.05) is 29.1 Å². The van der Waals surface area contributed by atoms with Crippen LogP contribution in [0.4, 0.5) is 5.69 Å². The molecule has 0 radical (unpaired) electrons. The van der Waals surface area contributed by atoms with Gasteiger partial charge in [-0.25, -0.2) is 0 Å². The summed E-state index contributed by atoms with van der Waals surface area (Å²) in [5.74, 6) is -2.49. The van der Waals surface area contributed by atoms with Gasteiger partial charge in [0.05, 0.1) is 0 Å². The van der Waals surface area contributed by atoms with Crippen molar-refractivity contribution in [3.63, 3.8) is 0 Å². The Morgan fingerprint density at radius 1 is 1.14 bits per heavy atom. The van der Waals surface area contributed by atoms with E-state index in [9.17, 15) is 19.5 Å². The molecular formula is C17H18NO4-. The summed E-state index contributed by atoms with van der Waals surface area (Å²) in [6.07, 6.45) is 2.57. The minimum absolute atomic E-state index is 0.0642. The highest BCUT2D eigenvalue weighted by atomic mass is 16.4. The zero-order valence-corrected chi connectivity index (χ0v) is 12.4. The average Bonchev–Trinajstić information content (AvgIpc) is 3.07. The molecule has 0 heterocycles. The van der Waals surface area contributed by atoms with E-state index < -0.39 is 17.8 Å². The van der Waals surface area contributed by atoms with Crippen molar-refractivity contribution in [2.45, 2.75) is 26.2 Å². The Morgan fingerprint density at radius 2 is 1.82 bits per heavy atom. The highest BCUT2D eigenvalue weighted by molar-refractivity contribution is 5.98. The van der Waals surface area contributed by atoms with Crippen LogP contribution in [0.1, 0.15) is 36.5 Å². The Hall–Kier alpha value is -2.17. The van der Waals surface area contributed by atoms with Crippen molar-refractivity contribution in [2.24, 2.45) is 23.7 Å². The molecule has 2 fully saturated rings. The molecule has 1 aromatic carbocycles. The molecule has 2 bridgehead atoms. The highest BCUT2D eigenvalue weighted by Gasteiger charge is 2.51. The average molecular weight is 300 g/mol. The fraction of sp³-hybridized carbons (Fsp3) is 0.471. The number of benzene rings is 1. The number of hydrogen-bond donors (Lipinski definition) is 1. The Kier molecular flexibility index (Phi) is 3.72. The molecule has 0 unspecified atom stereocenters. The summed E-state index contributed by atoms with van der Waals surface area (Å²) in [7, 11) is 0. The summed E-state index contributed by atoms with van der Waals surface area (Å²) < 4.78 is 0. The van der Waals surface area contributed by atoms with Crippen LogP contribution >= 0.6 is 0 Å². The van der Waals surface area contributed by atoms with Gasteiger partial charge in [-0.1, -0.05) is 12.1 Å². The van der Waals surface area contributed by atoms with E-state index >= 15 is 0 Å². The third-order valence-corrected chi connectivity index (χ3v) is 5.03. The maximum atomic E-state index is 12.5. The normalized spacial score (nSPS) is 29.3. The van der Waals surface area contributed by atoms with Gasteiger partial charge in [-0.3, -0.25) is 9.59 Å². The molecule has 1 N–H and O–H groups in total. The lowest BCUT2D eigenvalue weighted by atomic mass is 9.78. The van der Waals surface area contributed by atoms with Crippen LogP contribution in [0, 0.1) is 23.7 Å². The van der Waals surface area contributed by atoms with Crippen molar-refractivity contribution >= 4 is 23.3 Å². The number of nitrogens with one attached hydrogen (secondary N) is 1. The lowest BCUT2D eigenvalue weighted by Crippen LogP contribution is -2.43. The second kappa shape index (κ2) is 5.55. The number of anilines is 1. The molecule has 0 aliphatic heterocycles. The molecular weight excluding hydrogens is 282 g/mol. The number of rotatable bonds is 4. The number of carbonyl (C=O) groups excluding carboxylic acids is 3. The molecule has 1 aromatic rings. The summed E-state index contributed by atoms with van der Waals surface area (Å²) in [5.41, 5.74) is 1.04. The van der Waals surface area contributed by atoms with Crippen molar-refractivity contribution in [3.8, 4) is 0 Å². The lowest BCUT2D eigenvalue weighted by Gasteiger charge is -2.30. The Morgan fingerprint density at radius 3 is 2.45 bits per heavy atom. The molecule has 22 heavy (non-hydrogen) atoms. The number of carboxylic acid groups (broad SMARTS) is 1. The zero-order valence-electron chi connectivity index (χ0n) is 12.4. The van der Waals surface area contributed by atoms with Crippen LogP contribution in [-0.2, 0) is 9.59 Å². The number of hydrogen-bond acceptors (Lipinski definition) is 4. The van der Waals surface area contributed by atoms with E-state index in [0.717, 1.165) is 19.3 Å². The third-order valence-electron chi connectivity index (χ3n) is 5.03. The first-order valence-electron chi connectivity index (χ1n) is 7.60. The van der Waals surface area contributed by atoms with Crippen molar-refractivity contribution in [3.05, 3.63) is 29.8 Å². The van der Waals surface area contributed by atoms with Crippen molar-refractivity contribution < 1.29 is 19.5 Å². The van der Waals surface area contributed by atoms with Crippen molar-refractivity contribution in [1.82, 2.24) is 0 Å². The lowest BCUT2D eigenvalue weighted by molar-refractivity contribution is -0.314. The molecule has 0 saturated heterocycles. The van der Waals surface area contributed by atoms with E-state index in [4.69, 9.17) is 0 Å². The number of amides is 1. The van der Waals surface area contributed by atoms with Crippen LogP contribution in [0.2, 0.25) is 0 Å². The fourth-order valence-corrected chi connectivity index (χ4v) is 4.05. The predicted octanol–water partition coefficient (Wildman–Crippen LogP) is 1.24. The van der Waals surface area contributed by atoms with E-state index in [1.165, 1.54) is 6.92 Å². The fourth-order valence-electron chi connectivity index (χ4n) is 4.05. The van der Waals surface area contributed by atoms with Gasteiger partial charge in [0.2, 0.25) is 5.91 Å². The van der Waals surface area contributed by atoms with Gasteiger partial charge < -0.3 is 15.2 Å². The number of aliphatic carboxylic acids is 1. The minimum atomic E-state index is -1.12. The first kappa shape index (κ1) is 14.8. The quantitative estimate of drug-likeness (QED) is 0.848. The van der Waals surface area contributed by atoms with E-state index in [1.54, 1.807) is 24.3 Å². The van der Waals surface area contributed by atoms with Gasteiger partial charge >= 0.3 is 0 Å². The second-order valence-electron chi connectivity index (χ2n) is 6.33. The van der Waals surface area contributed by atoms with Crippen LogP contribution in [0.25, 0.3) is 0 Å². The highest BCUT2D eigenvalue weighted by Crippen LogP contribution is 2.52. The zero-order chi connectivity index (χ0) is 15.9. The van der Waals surface area contributed by atoms with Gasteiger partial charge in [-0.05, 0) is 50.2 Å². The maximum Gasteiger partial charge on any atom is 0.228 e. The predicted molar refractivity (Wildman–Crippen MR) is 77.9 cm³/mol. The first-order valence-corrected chi connectivity index (χ1v) is 7.60. The van der Waals surface area contributed by atoms with Crippen molar-refractivity contribution in [1.29, 1.82) is 0 Å². The van der Waals surface area contributed by atoms with Crippen LogP contribution in [0.3, 0.4) is 0 Å². The molecule has 2 aliphatic carbocycles. The molecule has 2 saturated carbocycles. The molecule has 2 aliphatic rings. The Balaban J connectivity index is 1.78. The number of Topliss-reactive ketones (excluding diaryl/α,β-unsaturated/α-hetero) is 1. The topological polar surface area (TPSA) is 86.3 Å². The Labute approximate surface area is 128 Å². The molecule has 5 nitrogen and oxygen atoms in total. The van der Waals surface area contributed by atoms with Gasteiger partial charge in [0.25, 0.3) is 0 Å². The molecule has 0 spiro atoms. The van der Waals surface area contributed by atoms with Crippen LogP contribution in [0.15, 0.2) is 24.3 Å². The minimum Gasteiger partial charge on any atom is -0.550 e. The maximum absolute atomic E-state index is 12.5. The monoisotopic (exact) mass is 300 g/mol. The molecule has 0 aromatic heterocycles. The van der Waals surface area contributed by atoms with Gasteiger partial charge in [0.1, 0.15) is 0 Å². The molecule has 1 amide bonds. The van der Waals surface area contributed by atoms with Gasteiger partial charge in [0.15, 0.2) is 5.78 Å². The largest absolute Gasteiger partial charge is 0.550 e. The van der Waals surface area contributed by atoms with E-state index in [2.05, 4.69) is 5.32 Å². The summed E-state index contributed by atoms with van der Waals surface area (Å²) in [6.45, 7) is 1.46. The summed E-state index contributed by atoms with van der Waals surface area (Å²) in [6, 6.07) is 6.69. The summed E-state index contributed by atoms with van der Waals surface area (Å²) in [5, 5.41) is 14.1. The number of carbonyl (C=O) groups is 3.